The third kappa shape index (κ3) is 7.80. The molecule has 1 aromatic heterocycles. The standard InChI is InChI=1S/C23H33N3O5/c1-4-19(18-10-6-5-7-11-18)23(28)26(13-9-15-30-3)16-21-25-20(17-31-21)22(27)24-12-8-14-29-2/h5-7,10-11,17,19H,4,8-9,12-16H2,1-3H3,(H,24,27)/t19-/m0/s1. The summed E-state index contributed by atoms with van der Waals surface area (Å²) in [6, 6.07) is 9.75. The molecule has 0 radical (unpaired) electrons. The summed E-state index contributed by atoms with van der Waals surface area (Å²) < 4.78 is 15.6. The van der Waals surface area contributed by atoms with Crippen LogP contribution in [-0.2, 0) is 20.8 Å². The zero-order valence-electron chi connectivity index (χ0n) is 18.6. The first-order valence-corrected chi connectivity index (χ1v) is 10.6. The summed E-state index contributed by atoms with van der Waals surface area (Å²) in [5, 5.41) is 2.78. The molecule has 8 nitrogen and oxygen atoms in total. The van der Waals surface area contributed by atoms with Crippen LogP contribution in [0.1, 0.15) is 54.0 Å². The molecule has 2 amide bonds. The molecule has 0 aliphatic heterocycles. The summed E-state index contributed by atoms with van der Waals surface area (Å²) in [5.41, 5.74) is 1.18. The lowest BCUT2D eigenvalue weighted by Crippen LogP contribution is -2.36. The van der Waals surface area contributed by atoms with Gasteiger partial charge in [-0.15, -0.1) is 0 Å². The van der Waals surface area contributed by atoms with E-state index < -0.39 is 0 Å². The van der Waals surface area contributed by atoms with E-state index in [4.69, 9.17) is 13.9 Å². The second-order valence-corrected chi connectivity index (χ2v) is 7.21. The van der Waals surface area contributed by atoms with Crippen LogP contribution >= 0.6 is 0 Å². The molecular weight excluding hydrogens is 398 g/mol. The van der Waals surface area contributed by atoms with Crippen molar-refractivity contribution in [2.45, 2.75) is 38.6 Å². The van der Waals surface area contributed by atoms with Crippen LogP contribution in [0, 0.1) is 0 Å². The highest BCUT2D eigenvalue weighted by molar-refractivity contribution is 5.91. The van der Waals surface area contributed by atoms with Gasteiger partial charge in [0.05, 0.1) is 12.5 Å². The fourth-order valence-electron chi connectivity index (χ4n) is 3.29. The van der Waals surface area contributed by atoms with Gasteiger partial charge in [-0.3, -0.25) is 9.59 Å². The van der Waals surface area contributed by atoms with Crippen LogP contribution in [0.2, 0.25) is 0 Å². The van der Waals surface area contributed by atoms with E-state index in [-0.39, 0.29) is 30.0 Å². The lowest BCUT2D eigenvalue weighted by atomic mass is 9.95. The maximum atomic E-state index is 13.3. The van der Waals surface area contributed by atoms with E-state index in [0.29, 0.717) is 51.5 Å². The number of hydrogen-bond donors (Lipinski definition) is 1. The van der Waals surface area contributed by atoms with Gasteiger partial charge in [-0.25, -0.2) is 4.98 Å². The molecule has 0 unspecified atom stereocenters. The highest BCUT2D eigenvalue weighted by atomic mass is 16.5. The Hall–Kier alpha value is -2.71. The SMILES string of the molecule is CC[C@H](C(=O)N(CCCOC)Cc1nc(C(=O)NCCCOC)co1)c1ccccc1. The molecule has 2 aromatic rings. The molecule has 0 spiro atoms. The molecule has 1 aromatic carbocycles. The van der Waals surface area contributed by atoms with E-state index in [1.165, 1.54) is 6.26 Å². The van der Waals surface area contributed by atoms with E-state index >= 15 is 0 Å². The molecule has 1 N–H and O–H groups in total. The van der Waals surface area contributed by atoms with Crippen molar-refractivity contribution in [2.75, 3.05) is 40.5 Å². The van der Waals surface area contributed by atoms with Crippen molar-refractivity contribution in [3.05, 3.63) is 53.7 Å². The van der Waals surface area contributed by atoms with Gasteiger partial charge in [-0.2, -0.15) is 0 Å². The maximum absolute atomic E-state index is 13.3. The lowest BCUT2D eigenvalue weighted by Gasteiger charge is -2.26. The molecule has 8 heteroatoms. The van der Waals surface area contributed by atoms with Crippen LogP contribution in [0.5, 0.6) is 0 Å². The molecule has 0 fully saturated rings. The van der Waals surface area contributed by atoms with Crippen LogP contribution < -0.4 is 5.32 Å². The molecule has 0 saturated heterocycles. The molecule has 0 saturated carbocycles. The molecule has 31 heavy (non-hydrogen) atoms. The number of rotatable bonds is 14. The van der Waals surface area contributed by atoms with Crippen molar-refractivity contribution in [3.8, 4) is 0 Å². The van der Waals surface area contributed by atoms with Crippen molar-refractivity contribution in [1.29, 1.82) is 0 Å². The van der Waals surface area contributed by atoms with Crippen LogP contribution in [0.25, 0.3) is 0 Å². The molecule has 1 atom stereocenters. The number of hydrogen-bond acceptors (Lipinski definition) is 6. The van der Waals surface area contributed by atoms with Crippen molar-refractivity contribution in [1.82, 2.24) is 15.2 Å². The van der Waals surface area contributed by atoms with Gasteiger partial charge in [0.25, 0.3) is 5.91 Å². The highest BCUT2D eigenvalue weighted by Gasteiger charge is 2.26. The number of oxazole rings is 1. The Morgan fingerprint density at radius 2 is 1.84 bits per heavy atom. The average Bonchev–Trinajstić information content (AvgIpc) is 3.26. The Balaban J connectivity index is 2.07. The monoisotopic (exact) mass is 431 g/mol. The average molecular weight is 432 g/mol. The summed E-state index contributed by atoms with van der Waals surface area (Å²) in [7, 11) is 3.25. The van der Waals surface area contributed by atoms with Gasteiger partial charge in [0, 0.05) is 40.5 Å². The Labute approximate surface area is 183 Å². The first-order valence-electron chi connectivity index (χ1n) is 10.6. The topological polar surface area (TPSA) is 93.9 Å². The number of carbonyl (C=O) groups excluding carboxylic acids is 2. The van der Waals surface area contributed by atoms with Gasteiger partial charge in [0.15, 0.2) is 5.69 Å². The number of ether oxygens (including phenoxy) is 2. The number of nitrogens with zero attached hydrogens (tertiary/aromatic N) is 2. The minimum Gasteiger partial charge on any atom is -0.446 e. The molecule has 0 bridgehead atoms. The van der Waals surface area contributed by atoms with Crippen molar-refractivity contribution in [2.24, 2.45) is 0 Å². The minimum atomic E-state index is -0.306. The predicted octanol–water partition coefficient (Wildman–Crippen LogP) is 3.00. The summed E-state index contributed by atoms with van der Waals surface area (Å²) in [6.07, 6.45) is 3.42. The smallest absolute Gasteiger partial charge is 0.273 e. The number of carbonyl (C=O) groups is 2. The second kappa shape index (κ2) is 13.6. The third-order valence-electron chi connectivity index (χ3n) is 4.92. The Bertz CT molecular complexity index is 794. The third-order valence-corrected chi connectivity index (χ3v) is 4.92. The van der Waals surface area contributed by atoms with Crippen LogP contribution in [0.15, 0.2) is 41.0 Å². The van der Waals surface area contributed by atoms with Crippen molar-refractivity contribution in [3.63, 3.8) is 0 Å². The Kier molecular flexibility index (Phi) is 10.7. The lowest BCUT2D eigenvalue weighted by molar-refractivity contribution is -0.134. The number of amides is 2. The Morgan fingerprint density at radius 3 is 2.52 bits per heavy atom. The van der Waals surface area contributed by atoms with Gasteiger partial charge in [-0.05, 0) is 24.8 Å². The fourth-order valence-corrected chi connectivity index (χ4v) is 3.29. The molecule has 0 aliphatic rings. The largest absolute Gasteiger partial charge is 0.446 e. The Morgan fingerprint density at radius 1 is 1.13 bits per heavy atom. The van der Waals surface area contributed by atoms with Crippen LogP contribution in [-0.4, -0.2) is 62.2 Å². The van der Waals surface area contributed by atoms with Gasteiger partial charge in [0.1, 0.15) is 6.26 Å². The minimum absolute atomic E-state index is 0.00794. The predicted molar refractivity (Wildman–Crippen MR) is 117 cm³/mol. The quantitative estimate of drug-likeness (QED) is 0.462. The van der Waals surface area contributed by atoms with Crippen molar-refractivity contribution >= 4 is 11.8 Å². The normalized spacial score (nSPS) is 11.8. The molecule has 2 rings (SSSR count). The molecule has 1 heterocycles. The summed E-state index contributed by atoms with van der Waals surface area (Å²) in [6.45, 7) is 4.32. The van der Waals surface area contributed by atoms with E-state index in [1.54, 1.807) is 19.1 Å². The summed E-state index contributed by atoms with van der Waals surface area (Å²) in [5.74, 6) is -0.217. The van der Waals surface area contributed by atoms with E-state index in [1.807, 2.05) is 37.3 Å². The molecular formula is C23H33N3O5. The van der Waals surface area contributed by atoms with Gasteiger partial charge in [0.2, 0.25) is 11.8 Å². The molecule has 0 aliphatic carbocycles. The van der Waals surface area contributed by atoms with Gasteiger partial charge < -0.3 is 24.1 Å². The van der Waals surface area contributed by atoms with E-state index in [0.717, 1.165) is 5.56 Å². The number of benzene rings is 1. The summed E-state index contributed by atoms with van der Waals surface area (Å²) >= 11 is 0. The highest BCUT2D eigenvalue weighted by Crippen LogP contribution is 2.23. The zero-order chi connectivity index (χ0) is 22.5. The number of aromatic nitrogens is 1. The van der Waals surface area contributed by atoms with Gasteiger partial charge in [-0.1, -0.05) is 37.3 Å². The zero-order valence-corrected chi connectivity index (χ0v) is 18.6. The number of methoxy groups -OCH3 is 2. The first-order chi connectivity index (χ1) is 15.1. The summed E-state index contributed by atoms with van der Waals surface area (Å²) in [4.78, 5) is 31.6. The van der Waals surface area contributed by atoms with Crippen molar-refractivity contribution < 1.29 is 23.5 Å². The second-order valence-electron chi connectivity index (χ2n) is 7.21. The number of nitrogens with one attached hydrogen (secondary N) is 1. The molecule has 170 valence electrons. The maximum Gasteiger partial charge on any atom is 0.273 e. The van der Waals surface area contributed by atoms with Crippen LogP contribution in [0.4, 0.5) is 0 Å². The van der Waals surface area contributed by atoms with Gasteiger partial charge >= 0.3 is 0 Å². The first kappa shape index (κ1) is 24.6. The van der Waals surface area contributed by atoms with E-state index in [2.05, 4.69) is 10.3 Å². The van der Waals surface area contributed by atoms with E-state index in [9.17, 15) is 9.59 Å². The fraction of sp³-hybridized carbons (Fsp3) is 0.522. The van der Waals surface area contributed by atoms with Crippen LogP contribution in [0.3, 0.4) is 0 Å².